The number of nitrogens with zero attached hydrogens (tertiary/aromatic N) is 4. The molecule has 158 valence electrons. The maximum Gasteiger partial charge on any atom is 0.417 e. The summed E-state index contributed by atoms with van der Waals surface area (Å²) in [7, 11) is 0. The molecule has 1 saturated heterocycles. The molecule has 0 radical (unpaired) electrons. The van der Waals surface area contributed by atoms with Gasteiger partial charge >= 0.3 is 12.3 Å². The second kappa shape index (κ2) is 6.50. The molecule has 0 N–H and O–H groups in total. The van der Waals surface area contributed by atoms with Crippen LogP contribution in [0.25, 0.3) is 0 Å². The fraction of sp³-hybridized carbons (Fsp3) is 0.632. The van der Waals surface area contributed by atoms with E-state index in [0.29, 0.717) is 18.9 Å². The highest BCUT2D eigenvalue weighted by molar-refractivity contribution is 6.06. The summed E-state index contributed by atoms with van der Waals surface area (Å²) >= 11 is 0. The molecular weight excluding hydrogens is 389 g/mol. The van der Waals surface area contributed by atoms with Gasteiger partial charge in [-0.3, -0.25) is 4.79 Å². The van der Waals surface area contributed by atoms with Crippen LogP contribution in [-0.4, -0.2) is 59.2 Å². The lowest BCUT2D eigenvalue weighted by Gasteiger charge is -2.47. The predicted octanol–water partition coefficient (Wildman–Crippen LogP) is 3.04. The van der Waals surface area contributed by atoms with Gasteiger partial charge in [-0.25, -0.2) is 9.78 Å². The van der Waals surface area contributed by atoms with Gasteiger partial charge in [0.1, 0.15) is 11.6 Å². The molecule has 0 bridgehead atoms. The van der Waals surface area contributed by atoms with Crippen molar-refractivity contribution in [1.82, 2.24) is 9.88 Å². The van der Waals surface area contributed by atoms with Crippen molar-refractivity contribution < 1.29 is 27.5 Å². The lowest BCUT2D eigenvalue weighted by Crippen LogP contribution is -2.64. The Labute approximate surface area is 166 Å². The lowest BCUT2D eigenvalue weighted by atomic mass is 10.0. The average Bonchev–Trinajstić information content (AvgIpc) is 3.44. The summed E-state index contributed by atoms with van der Waals surface area (Å²) < 4.78 is 45.0. The Balaban J connectivity index is 1.65. The zero-order chi connectivity index (χ0) is 21.1. The Bertz CT molecular complexity index is 848. The zero-order valence-electron chi connectivity index (χ0n) is 16.5. The number of halogens is 3. The molecule has 7 nitrogen and oxygen atoms in total. The molecule has 2 aliphatic heterocycles. The van der Waals surface area contributed by atoms with Crippen LogP contribution in [0.4, 0.5) is 29.5 Å². The molecule has 2 amide bonds. The normalized spacial score (nSPS) is 22.3. The molecule has 3 heterocycles. The molecule has 29 heavy (non-hydrogen) atoms. The number of anilines is 2. The van der Waals surface area contributed by atoms with Gasteiger partial charge < -0.3 is 19.4 Å². The van der Waals surface area contributed by atoms with Gasteiger partial charge in [-0.05, 0) is 39.7 Å². The van der Waals surface area contributed by atoms with Crippen LogP contribution in [0.5, 0.6) is 0 Å². The Morgan fingerprint density at radius 2 is 1.90 bits per heavy atom. The second-order valence-electron chi connectivity index (χ2n) is 8.64. The third-order valence-corrected chi connectivity index (χ3v) is 5.17. The summed E-state index contributed by atoms with van der Waals surface area (Å²) in [6, 6.07) is 0.203. The fourth-order valence-electron chi connectivity index (χ4n) is 3.73. The molecule has 4 rings (SSSR count). The van der Waals surface area contributed by atoms with Crippen molar-refractivity contribution in [1.29, 1.82) is 0 Å². The van der Waals surface area contributed by atoms with Crippen molar-refractivity contribution in [3.63, 3.8) is 0 Å². The molecule has 1 saturated carbocycles. The molecule has 1 aromatic heterocycles. The number of hydrogen-bond donors (Lipinski definition) is 0. The molecule has 10 heteroatoms. The standard InChI is InChI=1S/C19H23F3N4O3/c1-18(2,3)29-17(28)24-6-7-25-14(10-24)16(27)26(12-4-5-12)13-8-11(19(20,21)22)9-23-15(13)25/h8-9,12,14H,4-7,10H2,1-3H3/t14-/m0/s1. The maximum absolute atomic E-state index is 13.2. The largest absolute Gasteiger partial charge is 0.444 e. The summed E-state index contributed by atoms with van der Waals surface area (Å²) in [6.07, 6.45) is -2.76. The number of alkyl halides is 3. The minimum atomic E-state index is -4.54. The highest BCUT2D eigenvalue weighted by Gasteiger charge is 2.48. The van der Waals surface area contributed by atoms with Gasteiger partial charge in [-0.2, -0.15) is 13.2 Å². The van der Waals surface area contributed by atoms with Gasteiger partial charge in [0.25, 0.3) is 5.91 Å². The molecule has 0 unspecified atom stereocenters. The second-order valence-corrected chi connectivity index (χ2v) is 8.64. The van der Waals surface area contributed by atoms with Gasteiger partial charge in [0.05, 0.1) is 17.8 Å². The molecule has 0 spiro atoms. The van der Waals surface area contributed by atoms with Crippen LogP contribution < -0.4 is 9.80 Å². The predicted molar refractivity (Wildman–Crippen MR) is 98.7 cm³/mol. The van der Waals surface area contributed by atoms with Crippen LogP contribution in [0.1, 0.15) is 39.2 Å². The quantitative estimate of drug-likeness (QED) is 0.710. The molecule has 2 fully saturated rings. The highest BCUT2D eigenvalue weighted by atomic mass is 19.4. The van der Waals surface area contributed by atoms with Crippen molar-refractivity contribution in [2.75, 3.05) is 29.4 Å². The third-order valence-electron chi connectivity index (χ3n) is 5.17. The minimum Gasteiger partial charge on any atom is -0.444 e. The van der Waals surface area contributed by atoms with E-state index in [-0.39, 0.29) is 24.2 Å². The molecule has 3 aliphatic rings. The van der Waals surface area contributed by atoms with Gasteiger partial charge in [0, 0.05) is 25.3 Å². The van der Waals surface area contributed by atoms with Crippen LogP contribution in [0.3, 0.4) is 0 Å². The van der Waals surface area contributed by atoms with Crippen LogP contribution in [-0.2, 0) is 15.7 Å². The Hall–Kier alpha value is -2.52. The van der Waals surface area contributed by atoms with E-state index in [1.54, 1.807) is 25.7 Å². The summed E-state index contributed by atoms with van der Waals surface area (Å²) in [5.74, 6) is 0.0627. The molecular formula is C19H23F3N4O3. The first-order chi connectivity index (χ1) is 13.5. The summed E-state index contributed by atoms with van der Waals surface area (Å²) in [6.45, 7) is 5.99. The zero-order valence-corrected chi connectivity index (χ0v) is 16.5. The van der Waals surface area contributed by atoms with E-state index < -0.39 is 29.5 Å². The molecule has 1 atom stereocenters. The van der Waals surface area contributed by atoms with Crippen molar-refractivity contribution in [2.45, 2.75) is 57.5 Å². The van der Waals surface area contributed by atoms with E-state index in [0.717, 1.165) is 25.1 Å². The van der Waals surface area contributed by atoms with Crippen molar-refractivity contribution >= 4 is 23.5 Å². The Kier molecular flexibility index (Phi) is 4.43. The van der Waals surface area contributed by atoms with E-state index in [2.05, 4.69) is 4.98 Å². The molecule has 0 aromatic carbocycles. The minimum absolute atomic E-state index is 0.110. The van der Waals surface area contributed by atoms with Crippen LogP contribution >= 0.6 is 0 Å². The number of pyridine rings is 1. The number of carbonyl (C=O) groups is 2. The van der Waals surface area contributed by atoms with E-state index in [9.17, 15) is 22.8 Å². The van der Waals surface area contributed by atoms with E-state index in [4.69, 9.17) is 4.74 Å². The SMILES string of the molecule is CC(C)(C)OC(=O)N1CCN2c3ncc(C(F)(F)F)cc3N(C3CC3)C(=O)[C@@H]2C1. The number of fused-ring (bicyclic) bond motifs is 3. The van der Waals surface area contributed by atoms with Crippen molar-refractivity contribution in [2.24, 2.45) is 0 Å². The summed E-state index contributed by atoms with van der Waals surface area (Å²) in [5, 5.41) is 0. The average molecular weight is 412 g/mol. The topological polar surface area (TPSA) is 66.0 Å². The van der Waals surface area contributed by atoms with Crippen molar-refractivity contribution in [3.05, 3.63) is 17.8 Å². The Morgan fingerprint density at radius 3 is 2.48 bits per heavy atom. The van der Waals surface area contributed by atoms with Crippen LogP contribution in [0.15, 0.2) is 12.3 Å². The van der Waals surface area contributed by atoms with Gasteiger partial charge in [-0.1, -0.05) is 0 Å². The number of rotatable bonds is 1. The van der Waals surface area contributed by atoms with Gasteiger partial charge in [0.2, 0.25) is 0 Å². The number of amides is 2. The lowest BCUT2D eigenvalue weighted by molar-refractivity contribution is -0.138. The molecule has 1 aromatic rings. The van der Waals surface area contributed by atoms with Gasteiger partial charge in [-0.15, -0.1) is 0 Å². The van der Waals surface area contributed by atoms with E-state index in [1.165, 1.54) is 9.80 Å². The first-order valence-electron chi connectivity index (χ1n) is 9.60. The van der Waals surface area contributed by atoms with Gasteiger partial charge in [0.15, 0.2) is 5.82 Å². The van der Waals surface area contributed by atoms with Crippen LogP contribution in [0, 0.1) is 0 Å². The number of piperazine rings is 1. The number of aromatic nitrogens is 1. The third kappa shape index (κ3) is 3.72. The number of hydrogen-bond acceptors (Lipinski definition) is 5. The van der Waals surface area contributed by atoms with Crippen molar-refractivity contribution in [3.8, 4) is 0 Å². The monoisotopic (exact) mass is 412 g/mol. The van der Waals surface area contributed by atoms with Crippen LogP contribution in [0.2, 0.25) is 0 Å². The fourth-order valence-corrected chi connectivity index (χ4v) is 3.73. The number of ether oxygens (including phenoxy) is 1. The summed E-state index contributed by atoms with van der Waals surface area (Å²) in [4.78, 5) is 34.4. The summed E-state index contributed by atoms with van der Waals surface area (Å²) in [5.41, 5.74) is -1.33. The van der Waals surface area contributed by atoms with E-state index in [1.807, 2.05) is 0 Å². The maximum atomic E-state index is 13.2. The Morgan fingerprint density at radius 1 is 1.21 bits per heavy atom. The number of carbonyl (C=O) groups excluding carboxylic acids is 2. The smallest absolute Gasteiger partial charge is 0.417 e. The highest BCUT2D eigenvalue weighted by Crippen LogP contribution is 2.44. The van der Waals surface area contributed by atoms with E-state index >= 15 is 0 Å². The molecule has 1 aliphatic carbocycles. The first kappa shape index (κ1) is 19.8. The first-order valence-corrected chi connectivity index (χ1v) is 9.60.